The van der Waals surface area contributed by atoms with Gasteiger partial charge in [0.05, 0.1) is 5.69 Å². The third-order valence-corrected chi connectivity index (χ3v) is 3.47. The maximum atomic E-state index is 4.65. The minimum atomic E-state index is 0.426. The molecule has 0 spiro atoms. The summed E-state index contributed by atoms with van der Waals surface area (Å²) in [6.07, 6.45) is 4.09. The van der Waals surface area contributed by atoms with Gasteiger partial charge >= 0.3 is 0 Å². The molecule has 0 aliphatic rings. The van der Waals surface area contributed by atoms with Crippen molar-refractivity contribution in [3.8, 4) is 0 Å². The summed E-state index contributed by atoms with van der Waals surface area (Å²) in [7, 11) is 0. The number of nitrogens with zero attached hydrogens (tertiary/aromatic N) is 2. The van der Waals surface area contributed by atoms with Gasteiger partial charge in [-0.1, -0.05) is 37.3 Å². The first-order chi connectivity index (χ1) is 9.69. The van der Waals surface area contributed by atoms with Crippen molar-refractivity contribution in [2.75, 3.05) is 6.54 Å². The molecular weight excluding hydrogens is 246 g/mol. The van der Waals surface area contributed by atoms with Crippen LogP contribution < -0.4 is 5.32 Å². The van der Waals surface area contributed by atoms with Gasteiger partial charge in [0.1, 0.15) is 0 Å². The summed E-state index contributed by atoms with van der Waals surface area (Å²) in [5, 5.41) is 8.22. The van der Waals surface area contributed by atoms with Gasteiger partial charge < -0.3 is 5.32 Å². The van der Waals surface area contributed by atoms with Crippen LogP contribution in [-0.4, -0.2) is 22.4 Å². The smallest absolute Gasteiger partial charge is 0.0640 e. The molecule has 0 bridgehead atoms. The Hall–Kier alpha value is -1.61. The van der Waals surface area contributed by atoms with E-state index in [4.69, 9.17) is 0 Å². The van der Waals surface area contributed by atoms with Crippen LogP contribution in [0.2, 0.25) is 0 Å². The topological polar surface area (TPSA) is 29.9 Å². The number of rotatable bonds is 7. The number of aromatic nitrogens is 2. The van der Waals surface area contributed by atoms with Crippen LogP contribution in [0.4, 0.5) is 0 Å². The van der Waals surface area contributed by atoms with E-state index in [2.05, 4.69) is 73.8 Å². The number of hydrogen-bond donors (Lipinski definition) is 1. The summed E-state index contributed by atoms with van der Waals surface area (Å²) in [5.41, 5.74) is 2.54. The van der Waals surface area contributed by atoms with E-state index >= 15 is 0 Å². The minimum absolute atomic E-state index is 0.426. The highest BCUT2D eigenvalue weighted by molar-refractivity contribution is 5.16. The molecule has 1 aromatic heterocycles. The highest BCUT2D eigenvalue weighted by Gasteiger charge is 2.12. The van der Waals surface area contributed by atoms with Gasteiger partial charge in [-0.15, -0.1) is 0 Å². The fourth-order valence-corrected chi connectivity index (χ4v) is 2.43. The maximum absolute atomic E-state index is 4.65. The molecule has 0 saturated heterocycles. The zero-order valence-corrected chi connectivity index (χ0v) is 12.7. The Morgan fingerprint density at radius 3 is 2.45 bits per heavy atom. The first-order valence-electron chi connectivity index (χ1n) is 7.50. The van der Waals surface area contributed by atoms with Crippen LogP contribution in [0.15, 0.2) is 42.6 Å². The first-order valence-corrected chi connectivity index (χ1v) is 7.50. The quantitative estimate of drug-likeness (QED) is 0.838. The van der Waals surface area contributed by atoms with Crippen molar-refractivity contribution in [1.29, 1.82) is 0 Å². The number of benzene rings is 1. The van der Waals surface area contributed by atoms with Gasteiger partial charge in [-0.25, -0.2) is 0 Å². The van der Waals surface area contributed by atoms with Crippen molar-refractivity contribution >= 4 is 0 Å². The van der Waals surface area contributed by atoms with Crippen LogP contribution in [0, 0.1) is 0 Å². The van der Waals surface area contributed by atoms with Gasteiger partial charge in [0.15, 0.2) is 0 Å². The van der Waals surface area contributed by atoms with Gasteiger partial charge in [0.25, 0.3) is 0 Å². The highest BCUT2D eigenvalue weighted by Crippen LogP contribution is 2.10. The van der Waals surface area contributed by atoms with Gasteiger partial charge in [-0.3, -0.25) is 4.68 Å². The second-order valence-corrected chi connectivity index (χ2v) is 5.53. The molecule has 0 fully saturated rings. The third kappa shape index (κ3) is 4.20. The number of likely N-dealkylation sites (N-methyl/N-ethyl adjacent to an activating group) is 1. The predicted octanol–water partition coefficient (Wildman–Crippen LogP) is 3.23. The molecular formula is C17H25N3. The Labute approximate surface area is 122 Å². The lowest BCUT2D eigenvalue weighted by molar-refractivity contribution is 0.494. The third-order valence-electron chi connectivity index (χ3n) is 3.47. The Bertz CT molecular complexity index is 502. The summed E-state index contributed by atoms with van der Waals surface area (Å²) in [4.78, 5) is 0. The summed E-state index contributed by atoms with van der Waals surface area (Å²) in [5.74, 6) is 0. The van der Waals surface area contributed by atoms with Gasteiger partial charge in [0, 0.05) is 24.7 Å². The summed E-state index contributed by atoms with van der Waals surface area (Å²) < 4.78 is 2.03. The van der Waals surface area contributed by atoms with Crippen LogP contribution in [0.1, 0.15) is 38.1 Å². The van der Waals surface area contributed by atoms with Crippen molar-refractivity contribution in [2.24, 2.45) is 0 Å². The van der Waals surface area contributed by atoms with Crippen LogP contribution >= 0.6 is 0 Å². The average molecular weight is 271 g/mol. The zero-order valence-electron chi connectivity index (χ0n) is 12.7. The lowest BCUT2D eigenvalue weighted by Crippen LogP contribution is -2.33. The maximum Gasteiger partial charge on any atom is 0.0640 e. The lowest BCUT2D eigenvalue weighted by atomic mass is 10.0. The summed E-state index contributed by atoms with van der Waals surface area (Å²) >= 11 is 0. The Morgan fingerprint density at radius 1 is 1.10 bits per heavy atom. The van der Waals surface area contributed by atoms with E-state index in [0.717, 1.165) is 19.4 Å². The van der Waals surface area contributed by atoms with E-state index in [1.807, 2.05) is 4.68 Å². The molecule has 108 valence electrons. The monoisotopic (exact) mass is 271 g/mol. The summed E-state index contributed by atoms with van der Waals surface area (Å²) in [6, 6.07) is 13.7. The molecule has 20 heavy (non-hydrogen) atoms. The van der Waals surface area contributed by atoms with Crippen molar-refractivity contribution < 1.29 is 0 Å². The molecule has 1 heterocycles. The molecule has 1 aromatic carbocycles. The lowest BCUT2D eigenvalue weighted by Gasteiger charge is -2.17. The minimum Gasteiger partial charge on any atom is -0.314 e. The SMILES string of the molecule is CCNC(Cc1ccccc1)Cc1ccn(C(C)C)n1. The molecule has 1 atom stereocenters. The molecule has 3 nitrogen and oxygen atoms in total. The van der Waals surface area contributed by atoms with Crippen molar-refractivity contribution in [3.05, 3.63) is 53.9 Å². The zero-order chi connectivity index (χ0) is 14.4. The molecule has 0 amide bonds. The molecule has 0 aliphatic carbocycles. The van der Waals surface area contributed by atoms with Crippen LogP contribution in [0.25, 0.3) is 0 Å². The van der Waals surface area contributed by atoms with Gasteiger partial charge in [-0.2, -0.15) is 5.10 Å². The Kier molecular flexibility index (Phi) is 5.36. The fraction of sp³-hybridized carbons (Fsp3) is 0.471. The van der Waals surface area contributed by atoms with E-state index in [-0.39, 0.29) is 0 Å². The van der Waals surface area contributed by atoms with Crippen LogP contribution in [0.5, 0.6) is 0 Å². The fourth-order valence-electron chi connectivity index (χ4n) is 2.43. The molecule has 0 aliphatic heterocycles. The van der Waals surface area contributed by atoms with Crippen molar-refractivity contribution in [2.45, 2.75) is 45.7 Å². The molecule has 1 N–H and O–H groups in total. The average Bonchev–Trinajstić information content (AvgIpc) is 2.89. The Morgan fingerprint density at radius 2 is 1.85 bits per heavy atom. The number of nitrogens with one attached hydrogen (secondary N) is 1. The second-order valence-electron chi connectivity index (χ2n) is 5.53. The molecule has 0 radical (unpaired) electrons. The van der Waals surface area contributed by atoms with E-state index in [9.17, 15) is 0 Å². The van der Waals surface area contributed by atoms with E-state index in [0.29, 0.717) is 12.1 Å². The van der Waals surface area contributed by atoms with Crippen LogP contribution in [-0.2, 0) is 12.8 Å². The van der Waals surface area contributed by atoms with Gasteiger partial charge in [0.2, 0.25) is 0 Å². The first kappa shape index (κ1) is 14.8. The van der Waals surface area contributed by atoms with Gasteiger partial charge in [-0.05, 0) is 38.4 Å². The second kappa shape index (κ2) is 7.25. The predicted molar refractivity (Wildman–Crippen MR) is 83.9 cm³/mol. The molecule has 2 aromatic rings. The van der Waals surface area contributed by atoms with Crippen molar-refractivity contribution in [1.82, 2.24) is 15.1 Å². The standard InChI is InChI=1S/C17H25N3/c1-4-18-17(12-15-8-6-5-7-9-15)13-16-10-11-20(19-16)14(2)3/h5-11,14,17-18H,4,12-13H2,1-3H3. The molecule has 0 saturated carbocycles. The normalized spacial score (nSPS) is 12.8. The van der Waals surface area contributed by atoms with E-state index in [1.165, 1.54) is 11.3 Å². The van der Waals surface area contributed by atoms with E-state index < -0.39 is 0 Å². The van der Waals surface area contributed by atoms with E-state index in [1.54, 1.807) is 0 Å². The van der Waals surface area contributed by atoms with Crippen molar-refractivity contribution in [3.63, 3.8) is 0 Å². The molecule has 1 unspecified atom stereocenters. The Balaban J connectivity index is 2.01. The van der Waals surface area contributed by atoms with Crippen LogP contribution in [0.3, 0.4) is 0 Å². The number of hydrogen-bond acceptors (Lipinski definition) is 2. The highest BCUT2D eigenvalue weighted by atomic mass is 15.3. The largest absolute Gasteiger partial charge is 0.314 e. The molecule has 2 rings (SSSR count). The molecule has 3 heteroatoms. The summed E-state index contributed by atoms with van der Waals surface area (Å²) in [6.45, 7) is 7.46.